The molecule has 0 aliphatic carbocycles. The van der Waals surface area contributed by atoms with Crippen molar-refractivity contribution in [1.82, 2.24) is 5.32 Å². The van der Waals surface area contributed by atoms with Gasteiger partial charge >= 0.3 is 0 Å². The molecule has 0 spiro atoms. The molecule has 2 aromatic carbocycles. The third-order valence-corrected chi connectivity index (χ3v) is 3.13. The first-order valence-corrected chi connectivity index (χ1v) is 6.55. The Balaban J connectivity index is 1.95. The summed E-state index contributed by atoms with van der Waals surface area (Å²) in [6.45, 7) is 0. The van der Waals surface area contributed by atoms with Crippen LogP contribution >= 0.6 is 0 Å². The molecule has 6 nitrogen and oxygen atoms in total. The van der Waals surface area contributed by atoms with E-state index in [4.69, 9.17) is 0 Å². The summed E-state index contributed by atoms with van der Waals surface area (Å²) in [4.78, 5) is 26.5. The Kier molecular flexibility index (Phi) is 3.49. The number of hydrogen-bond donors (Lipinski definition) is 1. The molecule has 6 heteroatoms. The van der Waals surface area contributed by atoms with E-state index >= 15 is 0 Å². The highest BCUT2D eigenvalue weighted by Crippen LogP contribution is 2.18. The van der Waals surface area contributed by atoms with Crippen LogP contribution in [0.4, 0.5) is 5.69 Å². The number of benzene rings is 2. The second-order valence-electron chi connectivity index (χ2n) is 4.66. The molecule has 1 N–H and O–H groups in total. The first kappa shape index (κ1) is 13.7. The summed E-state index contributed by atoms with van der Waals surface area (Å²) in [5.41, 5.74) is 1.58. The van der Waals surface area contributed by atoms with Crippen LogP contribution in [0.25, 0.3) is 6.08 Å². The van der Waals surface area contributed by atoms with E-state index < -0.39 is 4.92 Å². The normalized spacial score (nSPS) is 15.5. The lowest BCUT2D eigenvalue weighted by Crippen LogP contribution is -2.24. The van der Waals surface area contributed by atoms with Gasteiger partial charge in [0.15, 0.2) is 0 Å². The Morgan fingerprint density at radius 2 is 1.86 bits per heavy atom. The monoisotopic (exact) mass is 293 g/mol. The Labute approximate surface area is 126 Å². The molecule has 3 rings (SSSR count). The van der Waals surface area contributed by atoms with Gasteiger partial charge in [0.25, 0.3) is 11.6 Å². The van der Waals surface area contributed by atoms with E-state index in [0.717, 1.165) is 5.56 Å². The van der Waals surface area contributed by atoms with Crippen LogP contribution in [0.2, 0.25) is 0 Å². The zero-order valence-corrected chi connectivity index (χ0v) is 11.4. The zero-order chi connectivity index (χ0) is 15.5. The molecule has 0 saturated carbocycles. The molecule has 2 aromatic rings. The van der Waals surface area contributed by atoms with Crippen molar-refractivity contribution in [2.75, 3.05) is 0 Å². The fourth-order valence-electron chi connectivity index (χ4n) is 2.08. The lowest BCUT2D eigenvalue weighted by molar-refractivity contribution is -0.384. The molecule has 0 fully saturated rings. The van der Waals surface area contributed by atoms with Gasteiger partial charge in [0.2, 0.25) is 0 Å². The van der Waals surface area contributed by atoms with Gasteiger partial charge in [-0.05, 0) is 11.6 Å². The Hall–Kier alpha value is -3.28. The van der Waals surface area contributed by atoms with Gasteiger partial charge in [-0.25, -0.2) is 4.99 Å². The van der Waals surface area contributed by atoms with Crippen molar-refractivity contribution in [2.45, 2.75) is 0 Å². The number of aliphatic imine (C=N–C) groups is 1. The number of amidine groups is 1. The van der Waals surface area contributed by atoms with Gasteiger partial charge in [0, 0.05) is 17.7 Å². The molecule has 1 aliphatic heterocycles. The number of carbonyl (C=O) groups is 1. The minimum absolute atomic E-state index is 0.0464. The van der Waals surface area contributed by atoms with Gasteiger partial charge in [-0.2, -0.15) is 0 Å². The fourth-order valence-corrected chi connectivity index (χ4v) is 2.08. The summed E-state index contributed by atoms with van der Waals surface area (Å²) in [7, 11) is 0. The van der Waals surface area contributed by atoms with Crippen molar-refractivity contribution < 1.29 is 9.72 Å². The third kappa shape index (κ3) is 2.76. The molecule has 22 heavy (non-hydrogen) atoms. The summed E-state index contributed by atoms with van der Waals surface area (Å²) in [6, 6.07) is 15.3. The lowest BCUT2D eigenvalue weighted by atomic mass is 10.2. The van der Waals surface area contributed by atoms with E-state index in [9.17, 15) is 14.9 Å². The van der Waals surface area contributed by atoms with Crippen molar-refractivity contribution >= 4 is 23.5 Å². The van der Waals surface area contributed by atoms with E-state index in [0.29, 0.717) is 11.4 Å². The average molecular weight is 293 g/mol. The second-order valence-corrected chi connectivity index (χ2v) is 4.66. The lowest BCUT2D eigenvalue weighted by Gasteiger charge is -1.99. The maximum atomic E-state index is 12.0. The third-order valence-electron chi connectivity index (χ3n) is 3.13. The largest absolute Gasteiger partial charge is 0.305 e. The smallest absolute Gasteiger partial charge is 0.275 e. The van der Waals surface area contributed by atoms with Crippen LogP contribution in [0.3, 0.4) is 0 Å². The number of amides is 1. The van der Waals surface area contributed by atoms with Gasteiger partial charge in [-0.1, -0.05) is 42.5 Å². The molecular weight excluding hydrogens is 282 g/mol. The van der Waals surface area contributed by atoms with E-state index in [1.165, 1.54) is 12.1 Å². The number of carbonyl (C=O) groups excluding carboxylic acids is 1. The molecule has 1 amide bonds. The summed E-state index contributed by atoms with van der Waals surface area (Å²) >= 11 is 0. The molecule has 0 unspecified atom stereocenters. The highest BCUT2D eigenvalue weighted by molar-refractivity contribution is 6.19. The van der Waals surface area contributed by atoms with Gasteiger partial charge in [0.1, 0.15) is 11.5 Å². The SMILES string of the molecule is O=C1NC(c2cccc([N+](=O)[O-])c2)=N/C1=C/c1ccccc1. The van der Waals surface area contributed by atoms with Crippen LogP contribution in [-0.2, 0) is 4.79 Å². The van der Waals surface area contributed by atoms with Crippen LogP contribution < -0.4 is 5.32 Å². The van der Waals surface area contributed by atoms with E-state index in [-0.39, 0.29) is 17.3 Å². The van der Waals surface area contributed by atoms with Gasteiger partial charge in [-0.15, -0.1) is 0 Å². The Morgan fingerprint density at radius 1 is 1.09 bits per heavy atom. The fraction of sp³-hybridized carbons (Fsp3) is 0. The number of non-ortho nitro benzene ring substituents is 1. The number of nitrogens with one attached hydrogen (secondary N) is 1. The topological polar surface area (TPSA) is 84.6 Å². The number of nitrogens with zero attached hydrogens (tertiary/aromatic N) is 2. The molecular formula is C16H11N3O3. The summed E-state index contributed by atoms with van der Waals surface area (Å²) in [5, 5.41) is 13.4. The number of nitro benzene ring substituents is 1. The molecule has 0 bridgehead atoms. The summed E-state index contributed by atoms with van der Waals surface area (Å²) in [5.74, 6) is -0.0127. The van der Waals surface area contributed by atoms with Crippen molar-refractivity contribution in [1.29, 1.82) is 0 Å². The van der Waals surface area contributed by atoms with Crippen LogP contribution in [0.1, 0.15) is 11.1 Å². The Morgan fingerprint density at radius 3 is 2.59 bits per heavy atom. The number of rotatable bonds is 3. The predicted octanol–water partition coefficient (Wildman–Crippen LogP) is 2.51. The molecule has 0 radical (unpaired) electrons. The minimum Gasteiger partial charge on any atom is -0.305 e. The van der Waals surface area contributed by atoms with Gasteiger partial charge in [0.05, 0.1) is 4.92 Å². The van der Waals surface area contributed by atoms with Crippen molar-refractivity contribution in [3.63, 3.8) is 0 Å². The maximum absolute atomic E-state index is 12.0. The molecule has 1 aliphatic rings. The first-order chi connectivity index (χ1) is 10.6. The number of nitro groups is 1. The number of hydrogen-bond acceptors (Lipinski definition) is 4. The van der Waals surface area contributed by atoms with Crippen LogP contribution in [0.5, 0.6) is 0 Å². The highest BCUT2D eigenvalue weighted by Gasteiger charge is 2.22. The molecule has 108 valence electrons. The standard InChI is InChI=1S/C16H11N3O3/c20-16-14(9-11-5-2-1-3-6-11)17-15(18-16)12-7-4-8-13(10-12)19(21)22/h1-10H,(H,17,18,20)/b14-9+. The van der Waals surface area contributed by atoms with Gasteiger partial charge < -0.3 is 5.32 Å². The first-order valence-electron chi connectivity index (χ1n) is 6.55. The van der Waals surface area contributed by atoms with Crippen LogP contribution in [0, 0.1) is 10.1 Å². The zero-order valence-electron chi connectivity index (χ0n) is 11.4. The molecule has 1 heterocycles. The molecule has 0 saturated heterocycles. The van der Waals surface area contributed by atoms with Crippen molar-refractivity contribution in [3.8, 4) is 0 Å². The minimum atomic E-state index is -0.485. The van der Waals surface area contributed by atoms with E-state index in [2.05, 4.69) is 10.3 Å². The van der Waals surface area contributed by atoms with Crippen molar-refractivity contribution in [2.24, 2.45) is 4.99 Å². The highest BCUT2D eigenvalue weighted by atomic mass is 16.6. The van der Waals surface area contributed by atoms with Crippen LogP contribution in [-0.4, -0.2) is 16.7 Å². The predicted molar refractivity (Wildman–Crippen MR) is 82.2 cm³/mol. The summed E-state index contributed by atoms with van der Waals surface area (Å²) < 4.78 is 0. The maximum Gasteiger partial charge on any atom is 0.275 e. The van der Waals surface area contributed by atoms with Crippen LogP contribution in [0.15, 0.2) is 65.3 Å². The van der Waals surface area contributed by atoms with E-state index in [1.807, 2.05) is 30.3 Å². The summed E-state index contributed by atoms with van der Waals surface area (Å²) in [6.07, 6.45) is 1.67. The van der Waals surface area contributed by atoms with Gasteiger partial charge in [-0.3, -0.25) is 14.9 Å². The van der Waals surface area contributed by atoms with Crippen molar-refractivity contribution in [3.05, 3.63) is 81.5 Å². The Bertz CT molecular complexity index is 810. The average Bonchev–Trinajstić information content (AvgIpc) is 2.89. The quantitative estimate of drug-likeness (QED) is 0.536. The van der Waals surface area contributed by atoms with E-state index in [1.54, 1.807) is 18.2 Å². The molecule has 0 atom stereocenters. The second kappa shape index (κ2) is 5.61. The molecule has 0 aromatic heterocycles.